The van der Waals surface area contributed by atoms with Crippen LogP contribution in [0, 0.1) is 0 Å². The van der Waals surface area contributed by atoms with Crippen LogP contribution in [0.1, 0.15) is 21.5 Å². The lowest BCUT2D eigenvalue weighted by molar-refractivity contribution is 0.0602. The third-order valence-corrected chi connectivity index (χ3v) is 4.71. The number of carbonyl (C=O) groups excluding carboxylic acids is 1. The van der Waals surface area contributed by atoms with Gasteiger partial charge in [0.05, 0.1) is 38.8 Å². The summed E-state index contributed by atoms with van der Waals surface area (Å²) >= 11 is 0. The molecule has 2 aromatic carbocycles. The molecule has 0 bridgehead atoms. The van der Waals surface area contributed by atoms with Gasteiger partial charge in [0.2, 0.25) is 0 Å². The molecule has 2 N–H and O–H groups in total. The molecule has 0 atom stereocenters. The van der Waals surface area contributed by atoms with Gasteiger partial charge in [-0.25, -0.2) is 9.78 Å². The Kier molecular flexibility index (Phi) is 6.75. The molecular weight excluding hydrogens is 382 g/mol. The number of aromatic nitrogens is 1. The summed E-state index contributed by atoms with van der Waals surface area (Å²) in [5, 5.41) is 0. The molecule has 7 nitrogen and oxygen atoms in total. The number of rotatable bonds is 8. The SMILES string of the molecule is COC(=O)c1cc(N(Cc2ccc(OC)cc2)Cc2ccc(OC)cc2)ncc1N. The van der Waals surface area contributed by atoms with Gasteiger partial charge in [-0.3, -0.25) is 0 Å². The summed E-state index contributed by atoms with van der Waals surface area (Å²) in [5.74, 6) is 1.71. The molecule has 7 heteroatoms. The molecule has 0 aliphatic heterocycles. The molecule has 0 fully saturated rings. The van der Waals surface area contributed by atoms with E-state index in [1.165, 1.54) is 13.3 Å². The second kappa shape index (κ2) is 9.65. The van der Waals surface area contributed by atoms with E-state index in [1.54, 1.807) is 20.3 Å². The van der Waals surface area contributed by atoms with Gasteiger partial charge in [0.15, 0.2) is 0 Å². The minimum absolute atomic E-state index is 0.277. The number of hydrogen-bond donors (Lipinski definition) is 1. The molecule has 1 aromatic heterocycles. The van der Waals surface area contributed by atoms with Gasteiger partial charge >= 0.3 is 5.97 Å². The van der Waals surface area contributed by atoms with Crippen LogP contribution < -0.4 is 20.1 Å². The van der Waals surface area contributed by atoms with Crippen molar-refractivity contribution in [2.24, 2.45) is 0 Å². The van der Waals surface area contributed by atoms with Crippen molar-refractivity contribution in [1.29, 1.82) is 0 Å². The first kappa shape index (κ1) is 21.0. The zero-order valence-electron chi connectivity index (χ0n) is 17.3. The van der Waals surface area contributed by atoms with Crippen molar-refractivity contribution in [1.82, 2.24) is 4.98 Å². The number of methoxy groups -OCH3 is 3. The summed E-state index contributed by atoms with van der Waals surface area (Å²) in [5.41, 5.74) is 8.64. The molecule has 0 radical (unpaired) electrons. The zero-order valence-corrected chi connectivity index (χ0v) is 17.3. The Morgan fingerprint density at radius 1 is 0.900 bits per heavy atom. The monoisotopic (exact) mass is 407 g/mol. The summed E-state index contributed by atoms with van der Waals surface area (Å²) < 4.78 is 15.3. The Hall–Kier alpha value is -3.74. The number of hydrogen-bond acceptors (Lipinski definition) is 7. The van der Waals surface area contributed by atoms with E-state index in [-0.39, 0.29) is 11.3 Å². The summed E-state index contributed by atoms with van der Waals surface area (Å²) in [4.78, 5) is 18.6. The Labute approximate surface area is 176 Å². The number of ether oxygens (including phenoxy) is 3. The zero-order chi connectivity index (χ0) is 21.5. The second-order valence-corrected chi connectivity index (χ2v) is 6.67. The summed E-state index contributed by atoms with van der Waals surface area (Å²) in [7, 11) is 4.60. The smallest absolute Gasteiger partial charge is 0.340 e. The molecule has 0 saturated heterocycles. The summed E-state index contributed by atoms with van der Waals surface area (Å²) in [6, 6.07) is 17.3. The first-order valence-corrected chi connectivity index (χ1v) is 9.38. The average Bonchev–Trinajstić information content (AvgIpc) is 2.79. The van der Waals surface area contributed by atoms with Gasteiger partial charge < -0.3 is 24.8 Å². The van der Waals surface area contributed by atoms with Gasteiger partial charge in [0.25, 0.3) is 0 Å². The molecule has 0 amide bonds. The summed E-state index contributed by atoms with van der Waals surface area (Å²) in [6.07, 6.45) is 1.48. The van der Waals surface area contributed by atoms with E-state index in [4.69, 9.17) is 19.9 Å². The van der Waals surface area contributed by atoms with Gasteiger partial charge in [-0.15, -0.1) is 0 Å². The fraction of sp³-hybridized carbons (Fsp3) is 0.217. The van der Waals surface area contributed by atoms with Crippen LogP contribution in [0.15, 0.2) is 60.8 Å². The fourth-order valence-electron chi connectivity index (χ4n) is 3.04. The van der Waals surface area contributed by atoms with Crippen LogP contribution in [-0.2, 0) is 17.8 Å². The van der Waals surface area contributed by atoms with Crippen LogP contribution in [0.4, 0.5) is 11.5 Å². The fourth-order valence-corrected chi connectivity index (χ4v) is 3.04. The first-order chi connectivity index (χ1) is 14.5. The molecule has 0 aliphatic rings. The molecule has 0 spiro atoms. The summed E-state index contributed by atoms with van der Waals surface area (Å²) in [6.45, 7) is 1.15. The molecule has 0 saturated carbocycles. The molecule has 1 heterocycles. The number of pyridine rings is 1. The second-order valence-electron chi connectivity index (χ2n) is 6.67. The Morgan fingerprint density at radius 3 is 1.83 bits per heavy atom. The Morgan fingerprint density at radius 2 is 1.40 bits per heavy atom. The van der Waals surface area contributed by atoms with E-state index >= 15 is 0 Å². The van der Waals surface area contributed by atoms with Gasteiger partial charge in [0.1, 0.15) is 17.3 Å². The van der Waals surface area contributed by atoms with Crippen LogP contribution in [0.25, 0.3) is 0 Å². The van der Waals surface area contributed by atoms with Crippen molar-refractivity contribution in [2.75, 3.05) is 32.0 Å². The third-order valence-electron chi connectivity index (χ3n) is 4.71. The lowest BCUT2D eigenvalue weighted by Gasteiger charge is -2.25. The van der Waals surface area contributed by atoms with Gasteiger partial charge in [0, 0.05) is 13.1 Å². The third kappa shape index (κ3) is 5.00. The highest BCUT2D eigenvalue weighted by Crippen LogP contribution is 2.24. The van der Waals surface area contributed by atoms with E-state index in [9.17, 15) is 4.79 Å². The average molecular weight is 407 g/mol. The van der Waals surface area contributed by atoms with Crippen molar-refractivity contribution in [3.8, 4) is 11.5 Å². The van der Waals surface area contributed by atoms with Gasteiger partial charge in [-0.1, -0.05) is 24.3 Å². The number of nitrogens with two attached hydrogens (primary N) is 1. The topological polar surface area (TPSA) is 86.9 Å². The van der Waals surface area contributed by atoms with Crippen LogP contribution in [0.3, 0.4) is 0 Å². The lowest BCUT2D eigenvalue weighted by atomic mass is 10.1. The van der Waals surface area contributed by atoms with E-state index in [0.29, 0.717) is 18.9 Å². The van der Waals surface area contributed by atoms with Crippen molar-refractivity contribution in [3.05, 3.63) is 77.5 Å². The lowest BCUT2D eigenvalue weighted by Crippen LogP contribution is -2.24. The predicted octanol–water partition coefficient (Wildman–Crippen LogP) is 3.67. The maximum atomic E-state index is 12.1. The molecule has 0 unspecified atom stereocenters. The highest BCUT2D eigenvalue weighted by Gasteiger charge is 2.16. The number of nitrogen functional groups attached to an aromatic ring is 1. The van der Waals surface area contributed by atoms with Crippen LogP contribution in [0.5, 0.6) is 11.5 Å². The molecular formula is C23H25N3O4. The maximum Gasteiger partial charge on any atom is 0.340 e. The quantitative estimate of drug-likeness (QED) is 0.570. The van der Waals surface area contributed by atoms with E-state index in [2.05, 4.69) is 9.88 Å². The van der Waals surface area contributed by atoms with Crippen molar-refractivity contribution in [2.45, 2.75) is 13.1 Å². The molecule has 156 valence electrons. The highest BCUT2D eigenvalue weighted by molar-refractivity contribution is 5.95. The molecule has 0 aliphatic carbocycles. The number of nitrogens with zero attached hydrogens (tertiary/aromatic N) is 2. The maximum absolute atomic E-state index is 12.1. The van der Waals surface area contributed by atoms with Crippen LogP contribution in [-0.4, -0.2) is 32.3 Å². The predicted molar refractivity (Wildman–Crippen MR) is 116 cm³/mol. The largest absolute Gasteiger partial charge is 0.497 e. The van der Waals surface area contributed by atoms with Gasteiger partial charge in [-0.05, 0) is 41.5 Å². The molecule has 30 heavy (non-hydrogen) atoms. The highest BCUT2D eigenvalue weighted by atomic mass is 16.5. The number of benzene rings is 2. The van der Waals surface area contributed by atoms with E-state index in [0.717, 1.165) is 22.6 Å². The number of carbonyl (C=O) groups is 1. The normalized spacial score (nSPS) is 10.4. The molecule has 3 rings (SSSR count). The van der Waals surface area contributed by atoms with E-state index in [1.807, 2.05) is 48.5 Å². The number of esters is 1. The van der Waals surface area contributed by atoms with Crippen LogP contribution >= 0.6 is 0 Å². The molecule has 3 aromatic rings. The van der Waals surface area contributed by atoms with Crippen molar-refractivity contribution < 1.29 is 19.0 Å². The van der Waals surface area contributed by atoms with Gasteiger partial charge in [-0.2, -0.15) is 0 Å². The first-order valence-electron chi connectivity index (χ1n) is 9.38. The Balaban J connectivity index is 1.94. The van der Waals surface area contributed by atoms with Crippen LogP contribution in [0.2, 0.25) is 0 Å². The van der Waals surface area contributed by atoms with E-state index < -0.39 is 5.97 Å². The number of anilines is 2. The minimum atomic E-state index is -0.495. The standard InChI is InChI=1S/C23H25N3O4/c1-28-18-8-4-16(5-9-18)14-26(15-17-6-10-19(29-2)11-7-17)22-12-20(23(27)30-3)21(24)13-25-22/h4-13H,14-15,24H2,1-3H3. The van der Waals surface area contributed by atoms with Crippen molar-refractivity contribution in [3.63, 3.8) is 0 Å². The Bertz CT molecular complexity index is 939. The van der Waals surface area contributed by atoms with Crippen molar-refractivity contribution >= 4 is 17.5 Å². The minimum Gasteiger partial charge on any atom is -0.497 e.